The number of anilines is 2. The molecule has 0 aliphatic carbocycles. The summed E-state index contributed by atoms with van der Waals surface area (Å²) in [4.78, 5) is 24.5. The molecule has 0 heterocycles. The van der Waals surface area contributed by atoms with E-state index in [1.807, 2.05) is 26.0 Å². The van der Waals surface area contributed by atoms with Crippen LogP contribution >= 0.6 is 0 Å². The summed E-state index contributed by atoms with van der Waals surface area (Å²) < 4.78 is 0. The third kappa shape index (κ3) is 6.24. The Hall–Kier alpha value is -2.62. The zero-order chi connectivity index (χ0) is 19.6. The molecule has 27 heavy (non-hydrogen) atoms. The van der Waals surface area contributed by atoms with E-state index in [9.17, 15) is 9.59 Å². The Balaban J connectivity index is 1.94. The molecule has 0 radical (unpaired) electrons. The molecule has 144 valence electrons. The lowest BCUT2D eigenvalue weighted by molar-refractivity contribution is -0.120. The van der Waals surface area contributed by atoms with Crippen LogP contribution < -0.4 is 10.6 Å². The molecule has 2 amide bonds. The molecule has 2 N–H and O–H groups in total. The molecule has 0 atom stereocenters. The second kappa shape index (κ2) is 10.5. The molecule has 0 bridgehead atoms. The highest BCUT2D eigenvalue weighted by molar-refractivity contribution is 6.04. The molecular formula is C23H30N2O2. The predicted octanol–water partition coefficient (Wildman–Crippen LogP) is 5.66. The third-order valence-corrected chi connectivity index (χ3v) is 4.80. The normalized spacial score (nSPS) is 10.7. The molecule has 2 aromatic rings. The lowest BCUT2D eigenvalue weighted by Crippen LogP contribution is -2.21. The predicted molar refractivity (Wildman–Crippen MR) is 112 cm³/mol. The SMILES string of the molecule is CCCCc1ccc(NC(=O)c2ccc(NC(=O)C(CC)CC)cc2)cc1. The van der Waals surface area contributed by atoms with Crippen molar-refractivity contribution in [3.63, 3.8) is 0 Å². The van der Waals surface area contributed by atoms with Crippen molar-refractivity contribution in [2.45, 2.75) is 52.9 Å². The average molecular weight is 367 g/mol. The lowest BCUT2D eigenvalue weighted by atomic mass is 10.0. The van der Waals surface area contributed by atoms with E-state index in [0.29, 0.717) is 11.3 Å². The zero-order valence-electron chi connectivity index (χ0n) is 16.5. The molecule has 4 nitrogen and oxygen atoms in total. The summed E-state index contributed by atoms with van der Waals surface area (Å²) in [5, 5.41) is 5.82. The molecule has 4 heteroatoms. The van der Waals surface area contributed by atoms with Crippen molar-refractivity contribution < 1.29 is 9.59 Å². The number of aryl methyl sites for hydroxylation is 1. The van der Waals surface area contributed by atoms with Gasteiger partial charge in [0, 0.05) is 22.9 Å². The Labute approximate surface area is 162 Å². The van der Waals surface area contributed by atoms with Crippen LogP contribution in [0.1, 0.15) is 62.4 Å². The first-order valence-electron chi connectivity index (χ1n) is 9.88. The van der Waals surface area contributed by atoms with Crippen molar-refractivity contribution in [3.8, 4) is 0 Å². The Bertz CT molecular complexity index is 732. The number of amides is 2. The Morgan fingerprint density at radius 1 is 0.815 bits per heavy atom. The molecule has 0 saturated carbocycles. The number of hydrogen-bond donors (Lipinski definition) is 2. The maximum atomic E-state index is 12.4. The maximum absolute atomic E-state index is 12.4. The average Bonchev–Trinajstić information content (AvgIpc) is 2.69. The molecule has 2 aromatic carbocycles. The van der Waals surface area contributed by atoms with Crippen molar-refractivity contribution in [2.24, 2.45) is 5.92 Å². The highest BCUT2D eigenvalue weighted by atomic mass is 16.2. The largest absolute Gasteiger partial charge is 0.326 e. The van der Waals surface area contributed by atoms with Gasteiger partial charge in [0.2, 0.25) is 5.91 Å². The number of carbonyl (C=O) groups excluding carboxylic acids is 2. The van der Waals surface area contributed by atoms with Crippen molar-refractivity contribution in [1.29, 1.82) is 0 Å². The van der Waals surface area contributed by atoms with E-state index in [4.69, 9.17) is 0 Å². The fraction of sp³-hybridized carbons (Fsp3) is 0.391. The second-order valence-corrected chi connectivity index (χ2v) is 6.83. The van der Waals surface area contributed by atoms with Gasteiger partial charge in [0.05, 0.1) is 0 Å². The van der Waals surface area contributed by atoms with Crippen LogP contribution in [0.5, 0.6) is 0 Å². The number of hydrogen-bond acceptors (Lipinski definition) is 2. The van der Waals surface area contributed by atoms with Gasteiger partial charge >= 0.3 is 0 Å². The van der Waals surface area contributed by atoms with Crippen LogP contribution in [0, 0.1) is 5.92 Å². The number of carbonyl (C=O) groups is 2. The molecule has 0 aliphatic rings. The minimum absolute atomic E-state index is 0.0215. The first-order valence-corrected chi connectivity index (χ1v) is 9.88. The zero-order valence-corrected chi connectivity index (χ0v) is 16.5. The Kier molecular flexibility index (Phi) is 8.05. The molecule has 0 spiro atoms. The summed E-state index contributed by atoms with van der Waals surface area (Å²) in [6.07, 6.45) is 5.05. The molecule has 0 saturated heterocycles. The summed E-state index contributed by atoms with van der Waals surface area (Å²) in [5.41, 5.74) is 3.34. The molecular weight excluding hydrogens is 336 g/mol. The fourth-order valence-corrected chi connectivity index (χ4v) is 2.95. The van der Waals surface area contributed by atoms with Crippen molar-refractivity contribution >= 4 is 23.2 Å². The summed E-state index contributed by atoms with van der Waals surface area (Å²) in [6, 6.07) is 15.0. The minimum Gasteiger partial charge on any atom is -0.326 e. The van der Waals surface area contributed by atoms with Gasteiger partial charge in [0.15, 0.2) is 0 Å². The van der Waals surface area contributed by atoms with E-state index in [2.05, 4.69) is 29.7 Å². The molecule has 2 rings (SSSR count). The first-order chi connectivity index (χ1) is 13.1. The van der Waals surface area contributed by atoms with E-state index in [1.54, 1.807) is 24.3 Å². The summed E-state index contributed by atoms with van der Waals surface area (Å²) in [6.45, 7) is 6.20. The van der Waals surface area contributed by atoms with Crippen LogP contribution in [0.4, 0.5) is 11.4 Å². The lowest BCUT2D eigenvalue weighted by Gasteiger charge is -2.13. The number of rotatable bonds is 9. The van der Waals surface area contributed by atoms with Gasteiger partial charge in [-0.15, -0.1) is 0 Å². The standard InChI is InChI=1S/C23H30N2O2/c1-4-7-8-17-9-13-20(14-10-17)25-23(27)19-11-15-21(16-12-19)24-22(26)18(5-2)6-3/h9-16,18H,4-8H2,1-3H3,(H,24,26)(H,25,27). The smallest absolute Gasteiger partial charge is 0.255 e. The third-order valence-electron chi connectivity index (χ3n) is 4.80. The van der Waals surface area contributed by atoms with Gasteiger partial charge in [0.1, 0.15) is 0 Å². The van der Waals surface area contributed by atoms with Gasteiger partial charge in [-0.25, -0.2) is 0 Å². The monoisotopic (exact) mass is 366 g/mol. The highest BCUT2D eigenvalue weighted by Crippen LogP contribution is 2.16. The van der Waals surface area contributed by atoms with Crippen LogP contribution in [-0.4, -0.2) is 11.8 Å². The van der Waals surface area contributed by atoms with Gasteiger partial charge in [-0.1, -0.05) is 39.3 Å². The number of benzene rings is 2. The summed E-state index contributed by atoms with van der Waals surface area (Å²) in [7, 11) is 0. The minimum atomic E-state index is -0.158. The van der Waals surface area contributed by atoms with Crippen LogP contribution in [0.2, 0.25) is 0 Å². The maximum Gasteiger partial charge on any atom is 0.255 e. The summed E-state index contributed by atoms with van der Waals surface area (Å²) in [5.74, 6) is -0.109. The Morgan fingerprint density at radius 2 is 1.37 bits per heavy atom. The van der Waals surface area contributed by atoms with Crippen LogP contribution in [0.15, 0.2) is 48.5 Å². The molecule has 0 aromatic heterocycles. The van der Waals surface area contributed by atoms with E-state index in [1.165, 1.54) is 18.4 Å². The van der Waals surface area contributed by atoms with E-state index < -0.39 is 0 Å². The van der Waals surface area contributed by atoms with Gasteiger partial charge in [-0.2, -0.15) is 0 Å². The Morgan fingerprint density at radius 3 is 1.93 bits per heavy atom. The van der Waals surface area contributed by atoms with Gasteiger partial charge in [0.25, 0.3) is 5.91 Å². The van der Waals surface area contributed by atoms with E-state index in [0.717, 1.165) is 24.9 Å². The topological polar surface area (TPSA) is 58.2 Å². The van der Waals surface area contributed by atoms with E-state index in [-0.39, 0.29) is 17.7 Å². The van der Waals surface area contributed by atoms with Crippen LogP contribution in [0.25, 0.3) is 0 Å². The highest BCUT2D eigenvalue weighted by Gasteiger charge is 2.14. The summed E-state index contributed by atoms with van der Waals surface area (Å²) >= 11 is 0. The van der Waals surface area contributed by atoms with Crippen LogP contribution in [0.3, 0.4) is 0 Å². The van der Waals surface area contributed by atoms with Crippen molar-refractivity contribution in [3.05, 3.63) is 59.7 Å². The van der Waals surface area contributed by atoms with Gasteiger partial charge in [-0.3, -0.25) is 9.59 Å². The van der Waals surface area contributed by atoms with Crippen molar-refractivity contribution in [2.75, 3.05) is 10.6 Å². The number of unbranched alkanes of at least 4 members (excludes halogenated alkanes) is 1. The van der Waals surface area contributed by atoms with E-state index >= 15 is 0 Å². The second-order valence-electron chi connectivity index (χ2n) is 6.83. The molecule has 0 aliphatic heterocycles. The van der Waals surface area contributed by atoms with Crippen LogP contribution in [-0.2, 0) is 11.2 Å². The van der Waals surface area contributed by atoms with Gasteiger partial charge in [-0.05, 0) is 67.6 Å². The molecule has 0 fully saturated rings. The first kappa shape index (κ1) is 20.7. The van der Waals surface area contributed by atoms with Crippen molar-refractivity contribution in [1.82, 2.24) is 0 Å². The fourth-order valence-electron chi connectivity index (χ4n) is 2.95. The van der Waals surface area contributed by atoms with Gasteiger partial charge < -0.3 is 10.6 Å². The molecule has 0 unspecified atom stereocenters. The number of nitrogens with one attached hydrogen (secondary N) is 2. The quantitative estimate of drug-likeness (QED) is 0.602.